The van der Waals surface area contributed by atoms with Crippen molar-refractivity contribution >= 4 is 5.91 Å². The van der Waals surface area contributed by atoms with Crippen molar-refractivity contribution in [2.75, 3.05) is 19.7 Å². The van der Waals surface area contributed by atoms with Gasteiger partial charge in [-0.3, -0.25) is 9.48 Å². The molecule has 0 bridgehead atoms. The van der Waals surface area contributed by atoms with Gasteiger partial charge in [0.25, 0.3) is 5.91 Å². The fraction of sp³-hybridized carbons (Fsp3) is 0.412. The Morgan fingerprint density at radius 3 is 2.86 bits per heavy atom. The molecule has 1 amide bonds. The zero-order chi connectivity index (χ0) is 15.5. The molecular weight excluding hydrogens is 278 g/mol. The first-order valence-electron chi connectivity index (χ1n) is 7.65. The van der Waals surface area contributed by atoms with Gasteiger partial charge in [0.05, 0.1) is 11.8 Å². The summed E-state index contributed by atoms with van der Waals surface area (Å²) in [5.74, 6) is -0.0184. The Morgan fingerprint density at radius 1 is 1.32 bits per heavy atom. The molecule has 5 heteroatoms. The largest absolute Gasteiger partial charge is 0.377 e. The van der Waals surface area contributed by atoms with Gasteiger partial charge in [0.2, 0.25) is 0 Å². The quantitative estimate of drug-likeness (QED) is 0.855. The Balaban J connectivity index is 1.84. The lowest BCUT2D eigenvalue weighted by molar-refractivity contribution is 0.0559. The number of rotatable bonds is 2. The molecule has 116 valence electrons. The van der Waals surface area contributed by atoms with Crippen molar-refractivity contribution in [3.05, 3.63) is 42.1 Å². The van der Waals surface area contributed by atoms with Gasteiger partial charge in [-0.25, -0.2) is 0 Å². The number of carbonyl (C=O) groups is 1. The summed E-state index contributed by atoms with van der Waals surface area (Å²) in [6.07, 6.45) is 0.942. The van der Waals surface area contributed by atoms with Gasteiger partial charge < -0.3 is 9.64 Å². The van der Waals surface area contributed by atoms with Crippen LogP contribution in [0.15, 0.2) is 36.4 Å². The summed E-state index contributed by atoms with van der Waals surface area (Å²) in [5, 5.41) is 4.40. The zero-order valence-electron chi connectivity index (χ0n) is 13.0. The maximum absolute atomic E-state index is 12.7. The second-order valence-electron chi connectivity index (χ2n) is 5.69. The third-order valence-electron chi connectivity index (χ3n) is 3.91. The molecule has 1 aliphatic rings. The van der Waals surface area contributed by atoms with E-state index in [0.29, 0.717) is 18.8 Å². The van der Waals surface area contributed by atoms with Crippen LogP contribution in [0.3, 0.4) is 0 Å². The second-order valence-corrected chi connectivity index (χ2v) is 5.69. The minimum atomic E-state index is -0.0184. The summed E-state index contributed by atoms with van der Waals surface area (Å²) in [5.41, 5.74) is 2.50. The van der Waals surface area contributed by atoms with Crippen LogP contribution >= 0.6 is 0 Å². The van der Waals surface area contributed by atoms with Crippen LogP contribution in [0.25, 0.3) is 11.3 Å². The molecule has 1 fully saturated rings. The van der Waals surface area contributed by atoms with Gasteiger partial charge in [-0.2, -0.15) is 5.10 Å². The van der Waals surface area contributed by atoms with Gasteiger partial charge in [0.1, 0.15) is 0 Å². The minimum absolute atomic E-state index is 0.0184. The van der Waals surface area contributed by atoms with Gasteiger partial charge in [-0.15, -0.1) is 0 Å². The van der Waals surface area contributed by atoms with Crippen LogP contribution in [-0.4, -0.2) is 46.4 Å². The predicted molar refractivity (Wildman–Crippen MR) is 84.6 cm³/mol. The highest BCUT2D eigenvalue weighted by molar-refractivity contribution is 5.93. The number of amides is 1. The maximum Gasteiger partial charge on any atom is 0.274 e. The Kier molecular flexibility index (Phi) is 4.24. The molecule has 0 radical (unpaired) electrons. The van der Waals surface area contributed by atoms with E-state index in [0.717, 1.165) is 24.2 Å². The average Bonchev–Trinajstić information content (AvgIpc) is 2.78. The van der Waals surface area contributed by atoms with Crippen molar-refractivity contribution in [3.8, 4) is 11.3 Å². The number of aromatic nitrogens is 2. The van der Waals surface area contributed by atoms with E-state index < -0.39 is 0 Å². The lowest BCUT2D eigenvalue weighted by Gasteiger charge is -2.20. The van der Waals surface area contributed by atoms with Crippen molar-refractivity contribution in [2.45, 2.75) is 19.4 Å². The van der Waals surface area contributed by atoms with E-state index in [1.54, 1.807) is 4.68 Å². The third-order valence-corrected chi connectivity index (χ3v) is 3.91. The second kappa shape index (κ2) is 6.32. The van der Waals surface area contributed by atoms with E-state index in [4.69, 9.17) is 4.74 Å². The molecule has 0 aliphatic carbocycles. The molecule has 1 aromatic heterocycles. The number of carbonyl (C=O) groups excluding carboxylic acids is 1. The number of aryl methyl sites for hydroxylation is 1. The molecule has 2 heterocycles. The number of hydrogen-bond acceptors (Lipinski definition) is 3. The fourth-order valence-corrected chi connectivity index (χ4v) is 2.79. The molecule has 1 aromatic carbocycles. The van der Waals surface area contributed by atoms with Crippen LogP contribution in [0.2, 0.25) is 0 Å². The van der Waals surface area contributed by atoms with Crippen LogP contribution in [-0.2, 0) is 11.8 Å². The van der Waals surface area contributed by atoms with Gasteiger partial charge >= 0.3 is 0 Å². The summed E-state index contributed by atoms with van der Waals surface area (Å²) >= 11 is 0. The van der Waals surface area contributed by atoms with Gasteiger partial charge in [0, 0.05) is 26.7 Å². The standard InChI is InChI=1S/C17H21N3O2/c1-13-12-20(9-6-10-22-13)17(21)15-11-16(19(2)18-15)14-7-4-3-5-8-14/h3-5,7-8,11,13H,6,9-10,12H2,1-2H3/t13-/m0/s1. The molecule has 0 unspecified atom stereocenters. The Bertz CT molecular complexity index is 651. The Hall–Kier alpha value is -2.14. The molecule has 5 nitrogen and oxygen atoms in total. The summed E-state index contributed by atoms with van der Waals surface area (Å²) in [6, 6.07) is 11.9. The monoisotopic (exact) mass is 299 g/mol. The Labute approximate surface area is 130 Å². The first-order valence-corrected chi connectivity index (χ1v) is 7.65. The van der Waals surface area contributed by atoms with E-state index in [1.165, 1.54) is 0 Å². The average molecular weight is 299 g/mol. The lowest BCUT2D eigenvalue weighted by Crippen LogP contribution is -2.36. The lowest BCUT2D eigenvalue weighted by atomic mass is 10.1. The van der Waals surface area contributed by atoms with Crippen molar-refractivity contribution < 1.29 is 9.53 Å². The first kappa shape index (κ1) is 14.8. The van der Waals surface area contributed by atoms with Crippen LogP contribution in [0.1, 0.15) is 23.8 Å². The van der Waals surface area contributed by atoms with Crippen LogP contribution < -0.4 is 0 Å². The van der Waals surface area contributed by atoms with Gasteiger partial charge in [-0.05, 0) is 25.0 Å². The third kappa shape index (κ3) is 3.04. The number of hydrogen-bond donors (Lipinski definition) is 0. The van der Waals surface area contributed by atoms with E-state index in [9.17, 15) is 4.79 Å². The van der Waals surface area contributed by atoms with E-state index >= 15 is 0 Å². The maximum atomic E-state index is 12.7. The zero-order valence-corrected chi connectivity index (χ0v) is 13.0. The normalized spacial score (nSPS) is 19.0. The fourth-order valence-electron chi connectivity index (χ4n) is 2.79. The first-order chi connectivity index (χ1) is 10.6. The smallest absolute Gasteiger partial charge is 0.274 e. The number of benzene rings is 1. The molecule has 2 aromatic rings. The predicted octanol–water partition coefficient (Wildman–Crippen LogP) is 2.34. The SMILES string of the molecule is C[C@H]1CN(C(=O)c2cc(-c3ccccc3)n(C)n2)CCCO1. The van der Waals surface area contributed by atoms with E-state index in [-0.39, 0.29) is 12.0 Å². The molecule has 0 N–H and O–H groups in total. The highest BCUT2D eigenvalue weighted by Crippen LogP contribution is 2.20. The van der Waals surface area contributed by atoms with Crippen molar-refractivity contribution in [1.82, 2.24) is 14.7 Å². The molecular formula is C17H21N3O2. The molecule has 1 aliphatic heterocycles. The highest BCUT2D eigenvalue weighted by atomic mass is 16.5. The number of nitrogens with zero attached hydrogens (tertiary/aromatic N) is 3. The summed E-state index contributed by atoms with van der Waals surface area (Å²) in [4.78, 5) is 14.5. The summed E-state index contributed by atoms with van der Waals surface area (Å²) in [6.45, 7) is 4.05. The molecule has 0 spiro atoms. The molecule has 22 heavy (non-hydrogen) atoms. The molecule has 0 saturated carbocycles. The minimum Gasteiger partial charge on any atom is -0.377 e. The van der Waals surface area contributed by atoms with Crippen LogP contribution in [0, 0.1) is 0 Å². The van der Waals surface area contributed by atoms with Gasteiger partial charge in [-0.1, -0.05) is 30.3 Å². The highest BCUT2D eigenvalue weighted by Gasteiger charge is 2.23. The van der Waals surface area contributed by atoms with Crippen molar-refractivity contribution in [2.24, 2.45) is 7.05 Å². The topological polar surface area (TPSA) is 47.4 Å². The van der Waals surface area contributed by atoms with Gasteiger partial charge in [0.15, 0.2) is 5.69 Å². The van der Waals surface area contributed by atoms with Crippen LogP contribution in [0.4, 0.5) is 0 Å². The van der Waals surface area contributed by atoms with Crippen molar-refractivity contribution in [3.63, 3.8) is 0 Å². The molecule has 3 rings (SSSR count). The van der Waals surface area contributed by atoms with Crippen LogP contribution in [0.5, 0.6) is 0 Å². The summed E-state index contributed by atoms with van der Waals surface area (Å²) < 4.78 is 7.36. The Morgan fingerprint density at radius 2 is 2.09 bits per heavy atom. The summed E-state index contributed by atoms with van der Waals surface area (Å²) in [7, 11) is 1.87. The molecule has 1 atom stereocenters. The van der Waals surface area contributed by atoms with E-state index in [2.05, 4.69) is 5.10 Å². The number of ether oxygens (including phenoxy) is 1. The molecule has 1 saturated heterocycles. The van der Waals surface area contributed by atoms with E-state index in [1.807, 2.05) is 55.3 Å². The van der Waals surface area contributed by atoms with Crippen molar-refractivity contribution in [1.29, 1.82) is 0 Å².